The largest absolute Gasteiger partial charge is 0.503 e. The van der Waals surface area contributed by atoms with Gasteiger partial charge < -0.3 is 14.8 Å². The van der Waals surface area contributed by atoms with Crippen molar-refractivity contribution >= 4 is 17.7 Å². The Morgan fingerprint density at radius 2 is 2.29 bits per heavy atom. The van der Waals surface area contributed by atoms with E-state index in [1.54, 1.807) is 17.7 Å². The highest BCUT2D eigenvalue weighted by Gasteiger charge is 2.23. The van der Waals surface area contributed by atoms with Crippen LogP contribution in [0.25, 0.3) is 0 Å². The van der Waals surface area contributed by atoms with Crippen molar-refractivity contribution in [1.82, 2.24) is 9.88 Å². The molecule has 7 heteroatoms. The fourth-order valence-corrected chi connectivity index (χ4v) is 2.77. The van der Waals surface area contributed by atoms with Crippen LogP contribution in [-0.4, -0.2) is 39.6 Å². The van der Waals surface area contributed by atoms with Gasteiger partial charge in [-0.15, -0.1) is 18.2 Å². The number of aromatic hydroxyl groups is 1. The molecule has 0 saturated heterocycles. The average molecular weight is 310 g/mol. The third-order valence-electron chi connectivity index (χ3n) is 3.12. The number of aliphatic carboxylic acids is 1. The molecule has 0 radical (unpaired) electrons. The predicted octanol–water partition coefficient (Wildman–Crippen LogP) is 0.790. The molecule has 0 amide bonds. The Labute approximate surface area is 127 Å². The molecule has 1 unspecified atom stereocenters. The van der Waals surface area contributed by atoms with Crippen LogP contribution in [0.4, 0.5) is 0 Å². The highest BCUT2D eigenvalue weighted by Crippen LogP contribution is 2.28. The molecule has 2 atom stereocenters. The number of pyridine rings is 1. The van der Waals surface area contributed by atoms with Gasteiger partial charge in [-0.05, 0) is 13.2 Å². The number of nitrogens with zero attached hydrogens (tertiary/aromatic N) is 1. The Bertz CT molecular complexity index is 606. The van der Waals surface area contributed by atoms with Gasteiger partial charge in [0.2, 0.25) is 5.43 Å². The van der Waals surface area contributed by atoms with Crippen LogP contribution in [0.5, 0.6) is 5.75 Å². The Morgan fingerprint density at radius 3 is 2.81 bits per heavy atom. The molecule has 1 heterocycles. The number of terminal acetylenes is 1. The van der Waals surface area contributed by atoms with Crippen LogP contribution in [0.2, 0.25) is 0 Å². The Morgan fingerprint density at radius 1 is 1.62 bits per heavy atom. The van der Waals surface area contributed by atoms with E-state index in [4.69, 9.17) is 6.42 Å². The predicted molar refractivity (Wildman–Crippen MR) is 82.5 cm³/mol. The molecule has 114 valence electrons. The Hall–Kier alpha value is -1.91. The lowest BCUT2D eigenvalue weighted by molar-refractivity contribution is -0.139. The van der Waals surface area contributed by atoms with Gasteiger partial charge in [0.05, 0.1) is 17.6 Å². The standard InChI is InChI=1S/C14H18N2O4S/c1-4-6-15-10(14(19)20)8-12(21-3)16-7-5-11(17)13(18)9(16)2/h1,5,7,10,12,15,18H,6,8H2,2-3H3,(H,19,20)/t10-,12?/m0/s1. The van der Waals surface area contributed by atoms with Crippen LogP contribution in [0.15, 0.2) is 17.1 Å². The van der Waals surface area contributed by atoms with Crippen LogP contribution in [0.3, 0.4) is 0 Å². The van der Waals surface area contributed by atoms with E-state index in [2.05, 4.69) is 11.2 Å². The van der Waals surface area contributed by atoms with Gasteiger partial charge in [-0.2, -0.15) is 0 Å². The molecular weight excluding hydrogens is 292 g/mol. The molecule has 6 nitrogen and oxygen atoms in total. The first-order valence-electron chi connectivity index (χ1n) is 6.25. The van der Waals surface area contributed by atoms with Gasteiger partial charge in [0.1, 0.15) is 6.04 Å². The van der Waals surface area contributed by atoms with Crippen molar-refractivity contribution in [2.75, 3.05) is 12.8 Å². The van der Waals surface area contributed by atoms with E-state index in [0.717, 1.165) is 0 Å². The van der Waals surface area contributed by atoms with E-state index in [9.17, 15) is 19.8 Å². The molecule has 1 aromatic rings. The first kappa shape index (κ1) is 17.1. The topological polar surface area (TPSA) is 91.6 Å². The van der Waals surface area contributed by atoms with Crippen LogP contribution < -0.4 is 10.7 Å². The van der Waals surface area contributed by atoms with Gasteiger partial charge in [0, 0.05) is 18.7 Å². The van der Waals surface area contributed by atoms with Crippen molar-refractivity contribution < 1.29 is 15.0 Å². The van der Waals surface area contributed by atoms with E-state index < -0.39 is 17.4 Å². The average Bonchev–Trinajstić information content (AvgIpc) is 2.46. The number of carboxylic acids is 1. The lowest BCUT2D eigenvalue weighted by atomic mass is 10.2. The van der Waals surface area contributed by atoms with Crippen LogP contribution in [0, 0.1) is 19.3 Å². The molecule has 1 rings (SSSR count). The minimum Gasteiger partial charge on any atom is -0.503 e. The zero-order chi connectivity index (χ0) is 16.0. The second kappa shape index (κ2) is 7.76. The van der Waals surface area contributed by atoms with Crippen molar-refractivity contribution in [2.24, 2.45) is 0 Å². The van der Waals surface area contributed by atoms with Gasteiger partial charge in [-0.1, -0.05) is 5.92 Å². The fourth-order valence-electron chi connectivity index (χ4n) is 1.93. The maximum Gasteiger partial charge on any atom is 0.320 e. The van der Waals surface area contributed by atoms with Crippen LogP contribution in [-0.2, 0) is 4.79 Å². The molecule has 0 aliphatic heterocycles. The Balaban J connectivity index is 3.02. The third kappa shape index (κ3) is 4.28. The number of rotatable bonds is 7. The Kier molecular flexibility index (Phi) is 6.34. The number of thioether (sulfide) groups is 1. The van der Waals surface area contributed by atoms with Crippen LogP contribution in [0.1, 0.15) is 17.5 Å². The highest BCUT2D eigenvalue weighted by atomic mass is 32.2. The first-order valence-corrected chi connectivity index (χ1v) is 7.54. The molecule has 0 fully saturated rings. The van der Waals surface area contributed by atoms with Gasteiger partial charge >= 0.3 is 5.97 Å². The zero-order valence-electron chi connectivity index (χ0n) is 11.9. The molecule has 0 spiro atoms. The van der Waals surface area contributed by atoms with Crippen molar-refractivity contribution in [3.63, 3.8) is 0 Å². The number of aromatic nitrogens is 1. The SMILES string of the molecule is C#CCN[C@@H](CC(SC)n1ccc(=O)c(O)c1C)C(=O)O. The van der Waals surface area contributed by atoms with E-state index >= 15 is 0 Å². The number of carboxylic acid groups (broad SMARTS) is 1. The van der Waals surface area contributed by atoms with Gasteiger partial charge in [0.25, 0.3) is 0 Å². The summed E-state index contributed by atoms with van der Waals surface area (Å²) in [7, 11) is 0. The smallest absolute Gasteiger partial charge is 0.320 e. The maximum atomic E-state index is 11.4. The molecule has 0 aliphatic rings. The lowest BCUT2D eigenvalue weighted by Gasteiger charge is -2.24. The van der Waals surface area contributed by atoms with Gasteiger partial charge in [-0.3, -0.25) is 14.9 Å². The molecule has 1 aromatic heterocycles. The maximum absolute atomic E-state index is 11.4. The summed E-state index contributed by atoms with van der Waals surface area (Å²) in [5, 5.41) is 21.4. The quantitative estimate of drug-likeness (QED) is 0.645. The summed E-state index contributed by atoms with van der Waals surface area (Å²) in [6, 6.07) is 0.454. The zero-order valence-corrected chi connectivity index (χ0v) is 12.7. The summed E-state index contributed by atoms with van der Waals surface area (Å²) in [5.74, 6) is 1.03. The first-order chi connectivity index (χ1) is 9.92. The number of carbonyl (C=O) groups is 1. The molecule has 0 aliphatic carbocycles. The van der Waals surface area contributed by atoms with E-state index in [-0.39, 0.29) is 24.1 Å². The second-order valence-electron chi connectivity index (χ2n) is 4.42. The van der Waals surface area contributed by atoms with E-state index in [1.807, 2.05) is 6.26 Å². The van der Waals surface area contributed by atoms with Gasteiger partial charge in [-0.25, -0.2) is 0 Å². The highest BCUT2D eigenvalue weighted by molar-refractivity contribution is 7.98. The number of hydrogen-bond acceptors (Lipinski definition) is 5. The van der Waals surface area contributed by atoms with Crippen molar-refractivity contribution in [1.29, 1.82) is 0 Å². The third-order valence-corrected chi connectivity index (χ3v) is 4.08. The number of hydrogen-bond donors (Lipinski definition) is 3. The van der Waals surface area contributed by atoms with Crippen molar-refractivity contribution in [2.45, 2.75) is 24.8 Å². The fraction of sp³-hybridized carbons (Fsp3) is 0.429. The summed E-state index contributed by atoms with van der Waals surface area (Å²) in [5.41, 5.74) is -0.0493. The molecule has 0 saturated carbocycles. The molecule has 0 bridgehead atoms. The van der Waals surface area contributed by atoms with Crippen molar-refractivity contribution in [3.05, 3.63) is 28.2 Å². The van der Waals surface area contributed by atoms with E-state index in [0.29, 0.717) is 5.69 Å². The van der Waals surface area contributed by atoms with Crippen molar-refractivity contribution in [3.8, 4) is 18.1 Å². The normalized spacial score (nSPS) is 13.4. The minimum absolute atomic E-state index is 0.159. The summed E-state index contributed by atoms with van der Waals surface area (Å²) in [4.78, 5) is 22.6. The lowest BCUT2D eigenvalue weighted by Crippen LogP contribution is -2.38. The second-order valence-corrected chi connectivity index (χ2v) is 5.44. The molecule has 21 heavy (non-hydrogen) atoms. The summed E-state index contributed by atoms with van der Waals surface area (Å²) >= 11 is 1.43. The molecular formula is C14H18N2O4S. The summed E-state index contributed by atoms with van der Waals surface area (Å²) in [6.07, 6.45) is 8.78. The monoisotopic (exact) mass is 310 g/mol. The minimum atomic E-state index is -0.993. The van der Waals surface area contributed by atoms with Crippen LogP contribution >= 0.6 is 11.8 Å². The van der Waals surface area contributed by atoms with E-state index in [1.165, 1.54) is 17.8 Å². The number of nitrogens with one attached hydrogen (secondary N) is 1. The summed E-state index contributed by atoms with van der Waals surface area (Å²) < 4.78 is 1.69. The molecule has 0 aromatic carbocycles. The summed E-state index contributed by atoms with van der Waals surface area (Å²) in [6.45, 7) is 1.77. The molecule has 3 N–H and O–H groups in total. The van der Waals surface area contributed by atoms with Gasteiger partial charge in [0.15, 0.2) is 5.75 Å².